The van der Waals surface area contributed by atoms with Crippen LogP contribution in [0.5, 0.6) is 0 Å². The predicted molar refractivity (Wildman–Crippen MR) is 96.1 cm³/mol. The van der Waals surface area contributed by atoms with Crippen molar-refractivity contribution in [3.63, 3.8) is 0 Å². The summed E-state index contributed by atoms with van der Waals surface area (Å²) in [7, 11) is 0. The highest BCUT2D eigenvalue weighted by molar-refractivity contribution is 5.42. The summed E-state index contributed by atoms with van der Waals surface area (Å²) in [5.41, 5.74) is 4.25. The lowest BCUT2D eigenvalue weighted by atomic mass is 9.83. The molecule has 5 heteroatoms. The summed E-state index contributed by atoms with van der Waals surface area (Å²) in [6.07, 6.45) is 8.77. The van der Waals surface area contributed by atoms with Crippen LogP contribution >= 0.6 is 0 Å². The van der Waals surface area contributed by atoms with E-state index in [-0.39, 0.29) is 12.1 Å². The van der Waals surface area contributed by atoms with Crippen LogP contribution in [0.3, 0.4) is 0 Å². The minimum absolute atomic E-state index is 0.0759. The van der Waals surface area contributed by atoms with Gasteiger partial charge >= 0.3 is 0 Å². The highest BCUT2D eigenvalue weighted by Gasteiger charge is 2.22. The van der Waals surface area contributed by atoms with Crippen molar-refractivity contribution in [2.45, 2.75) is 71.4 Å². The fourth-order valence-electron chi connectivity index (χ4n) is 3.92. The van der Waals surface area contributed by atoms with E-state index in [4.69, 9.17) is 0 Å². The molecule has 0 radical (unpaired) electrons. The summed E-state index contributed by atoms with van der Waals surface area (Å²) < 4.78 is 1.93. The third-order valence-electron chi connectivity index (χ3n) is 5.42. The Bertz CT molecular complexity index is 681. The van der Waals surface area contributed by atoms with Gasteiger partial charge in [0.15, 0.2) is 5.65 Å². The van der Waals surface area contributed by atoms with E-state index >= 15 is 0 Å². The molecule has 1 fully saturated rings. The van der Waals surface area contributed by atoms with Crippen LogP contribution in [0.4, 0.5) is 0 Å². The summed E-state index contributed by atoms with van der Waals surface area (Å²) in [5, 5.41) is 18.2. The number of aliphatic hydroxyl groups excluding tert-OH is 1. The molecule has 0 spiro atoms. The Morgan fingerprint density at radius 3 is 2.92 bits per heavy atom. The second-order valence-electron chi connectivity index (χ2n) is 7.28. The van der Waals surface area contributed by atoms with Gasteiger partial charge in [0.1, 0.15) is 0 Å². The average molecular weight is 330 g/mol. The Kier molecular flexibility index (Phi) is 5.51. The van der Waals surface area contributed by atoms with Crippen molar-refractivity contribution in [2.75, 3.05) is 6.54 Å². The minimum Gasteiger partial charge on any atom is -0.393 e. The maximum Gasteiger partial charge on any atom is 0.155 e. The van der Waals surface area contributed by atoms with Gasteiger partial charge in [0, 0.05) is 29.6 Å². The van der Waals surface area contributed by atoms with Crippen molar-refractivity contribution >= 4 is 5.65 Å². The molecule has 2 heterocycles. The van der Waals surface area contributed by atoms with Crippen LogP contribution in [-0.2, 0) is 0 Å². The number of nitrogens with one attached hydrogen (secondary N) is 1. The third kappa shape index (κ3) is 3.78. The van der Waals surface area contributed by atoms with Crippen LogP contribution in [0.2, 0.25) is 0 Å². The molecule has 1 saturated carbocycles. The van der Waals surface area contributed by atoms with Crippen molar-refractivity contribution in [3.05, 3.63) is 29.2 Å². The summed E-state index contributed by atoms with van der Waals surface area (Å²) in [6, 6.07) is 2.26. The first-order chi connectivity index (χ1) is 11.6. The molecule has 0 saturated heterocycles. The first kappa shape index (κ1) is 17.4. The largest absolute Gasteiger partial charge is 0.393 e. The Labute approximate surface area is 144 Å². The monoisotopic (exact) mass is 330 g/mol. The van der Waals surface area contributed by atoms with Crippen LogP contribution in [0.15, 0.2) is 12.3 Å². The molecular formula is C19H30N4O. The van der Waals surface area contributed by atoms with E-state index in [2.05, 4.69) is 29.2 Å². The zero-order chi connectivity index (χ0) is 17.1. The Hall–Kier alpha value is -1.46. The van der Waals surface area contributed by atoms with Crippen LogP contribution in [0.25, 0.3) is 5.65 Å². The van der Waals surface area contributed by atoms with E-state index in [9.17, 15) is 5.11 Å². The van der Waals surface area contributed by atoms with E-state index in [1.54, 1.807) is 0 Å². The van der Waals surface area contributed by atoms with E-state index in [1.165, 1.54) is 24.8 Å². The van der Waals surface area contributed by atoms with E-state index in [0.29, 0.717) is 5.92 Å². The van der Waals surface area contributed by atoms with E-state index < -0.39 is 0 Å². The van der Waals surface area contributed by atoms with Crippen LogP contribution < -0.4 is 5.32 Å². The number of aryl methyl sites for hydroxylation is 2. The lowest BCUT2D eigenvalue weighted by Gasteiger charge is -2.27. The molecule has 1 aliphatic rings. The first-order valence-electron chi connectivity index (χ1n) is 9.29. The van der Waals surface area contributed by atoms with Crippen LogP contribution in [0, 0.1) is 19.8 Å². The third-order valence-corrected chi connectivity index (χ3v) is 5.42. The normalized spacial score (nSPS) is 22.8. The highest BCUT2D eigenvalue weighted by atomic mass is 16.3. The van der Waals surface area contributed by atoms with E-state index in [1.807, 2.05) is 23.7 Å². The van der Waals surface area contributed by atoms with Gasteiger partial charge in [-0.2, -0.15) is 5.10 Å². The summed E-state index contributed by atoms with van der Waals surface area (Å²) >= 11 is 0. The molecule has 3 atom stereocenters. The van der Waals surface area contributed by atoms with Crippen molar-refractivity contribution in [1.82, 2.24) is 19.9 Å². The van der Waals surface area contributed by atoms with Gasteiger partial charge in [0.2, 0.25) is 0 Å². The molecule has 24 heavy (non-hydrogen) atoms. The summed E-state index contributed by atoms with van der Waals surface area (Å²) in [6.45, 7) is 7.25. The molecule has 0 amide bonds. The van der Waals surface area contributed by atoms with Gasteiger partial charge in [-0.25, -0.2) is 9.50 Å². The molecule has 2 N–H and O–H groups in total. The molecule has 132 valence electrons. The number of rotatable bonds is 6. The molecule has 0 aromatic carbocycles. The van der Waals surface area contributed by atoms with E-state index in [0.717, 1.165) is 42.8 Å². The number of hydrogen-bond acceptors (Lipinski definition) is 4. The highest BCUT2D eigenvalue weighted by Crippen LogP contribution is 2.27. The molecule has 0 bridgehead atoms. The number of nitrogens with zero attached hydrogens (tertiary/aromatic N) is 3. The lowest BCUT2D eigenvalue weighted by molar-refractivity contribution is 0.0642. The summed E-state index contributed by atoms with van der Waals surface area (Å²) in [4.78, 5) is 4.52. The minimum atomic E-state index is -0.0759. The molecule has 3 rings (SSSR count). The van der Waals surface area contributed by atoms with Gasteiger partial charge in [-0.05, 0) is 58.9 Å². The lowest BCUT2D eigenvalue weighted by Crippen LogP contribution is -2.26. The zero-order valence-electron chi connectivity index (χ0n) is 15.1. The van der Waals surface area contributed by atoms with Gasteiger partial charge in [-0.3, -0.25) is 0 Å². The first-order valence-corrected chi connectivity index (χ1v) is 9.29. The molecule has 2 aromatic heterocycles. The maximum atomic E-state index is 10.1. The smallest absolute Gasteiger partial charge is 0.155 e. The van der Waals surface area contributed by atoms with Gasteiger partial charge in [0.25, 0.3) is 0 Å². The van der Waals surface area contributed by atoms with Gasteiger partial charge in [-0.15, -0.1) is 0 Å². The molecule has 0 aliphatic heterocycles. The van der Waals surface area contributed by atoms with Gasteiger partial charge in [-0.1, -0.05) is 12.8 Å². The Morgan fingerprint density at radius 1 is 1.33 bits per heavy atom. The zero-order valence-corrected chi connectivity index (χ0v) is 15.1. The number of fused-ring (bicyclic) bond motifs is 1. The Balaban J connectivity index is 1.53. The fourth-order valence-corrected chi connectivity index (χ4v) is 3.92. The maximum absolute atomic E-state index is 10.1. The number of aromatic nitrogens is 3. The van der Waals surface area contributed by atoms with Gasteiger partial charge in [0.05, 0.1) is 11.8 Å². The van der Waals surface area contributed by atoms with Crippen LogP contribution in [-0.4, -0.2) is 32.4 Å². The van der Waals surface area contributed by atoms with Crippen molar-refractivity contribution in [2.24, 2.45) is 5.92 Å². The Morgan fingerprint density at radius 2 is 2.12 bits per heavy atom. The topological polar surface area (TPSA) is 62.5 Å². The average Bonchev–Trinajstić information content (AvgIpc) is 2.94. The van der Waals surface area contributed by atoms with Crippen molar-refractivity contribution in [3.8, 4) is 0 Å². The number of hydrogen-bond donors (Lipinski definition) is 2. The standard InChI is InChI=1S/C19H30N4O/c1-13-11-19-21-12-17(15(3)23(19)22-13)14(2)20-10-6-8-16-7-4-5-9-18(16)24/h11-12,14,16,18,20,24H,4-10H2,1-3H3/t14-,16+,18-/m0/s1. The number of aliphatic hydroxyl groups is 1. The summed E-state index contributed by atoms with van der Waals surface area (Å²) in [5.74, 6) is 0.502. The SMILES string of the molecule is Cc1cc2ncc([C@H](C)NCCC[C@H]3CCCC[C@@H]3O)c(C)n2n1. The fraction of sp³-hybridized carbons (Fsp3) is 0.684. The van der Waals surface area contributed by atoms with Crippen molar-refractivity contribution < 1.29 is 5.11 Å². The predicted octanol–water partition coefficient (Wildman–Crippen LogP) is 3.33. The second-order valence-corrected chi connectivity index (χ2v) is 7.28. The molecule has 1 aliphatic carbocycles. The van der Waals surface area contributed by atoms with Crippen molar-refractivity contribution in [1.29, 1.82) is 0 Å². The van der Waals surface area contributed by atoms with Crippen LogP contribution in [0.1, 0.15) is 68.4 Å². The molecule has 2 aromatic rings. The molecular weight excluding hydrogens is 300 g/mol. The second kappa shape index (κ2) is 7.62. The molecule has 0 unspecified atom stereocenters. The quantitative estimate of drug-likeness (QED) is 0.798. The molecule has 5 nitrogen and oxygen atoms in total. The van der Waals surface area contributed by atoms with Gasteiger partial charge < -0.3 is 10.4 Å².